The number of ether oxygens (including phenoxy) is 1. The fourth-order valence-electron chi connectivity index (χ4n) is 3.40. The number of nitrogens with zero attached hydrogens (tertiary/aromatic N) is 2. The first-order valence-corrected chi connectivity index (χ1v) is 8.84. The molecule has 6 heteroatoms. The topological polar surface area (TPSA) is 61.9 Å². The zero-order chi connectivity index (χ0) is 18.4. The highest BCUT2D eigenvalue weighted by molar-refractivity contribution is 5.92. The molecule has 0 spiro atoms. The summed E-state index contributed by atoms with van der Waals surface area (Å²) in [5.74, 6) is 0.699. The lowest BCUT2D eigenvalue weighted by atomic mass is 9.97. The third-order valence-electron chi connectivity index (χ3n) is 4.67. The summed E-state index contributed by atoms with van der Waals surface area (Å²) in [6.07, 6.45) is 3.28. The van der Waals surface area contributed by atoms with Gasteiger partial charge in [-0.25, -0.2) is 0 Å². The molecule has 0 saturated carbocycles. The molecule has 25 heavy (non-hydrogen) atoms. The van der Waals surface area contributed by atoms with Gasteiger partial charge in [-0.05, 0) is 64.4 Å². The van der Waals surface area contributed by atoms with Crippen molar-refractivity contribution in [2.24, 2.45) is 0 Å². The number of amides is 2. The monoisotopic (exact) mass is 347 g/mol. The van der Waals surface area contributed by atoms with E-state index in [0.717, 1.165) is 18.6 Å². The minimum Gasteiger partial charge on any atom is -0.497 e. The molecule has 1 heterocycles. The van der Waals surface area contributed by atoms with Gasteiger partial charge in [-0.1, -0.05) is 0 Å². The van der Waals surface area contributed by atoms with Crippen LogP contribution >= 0.6 is 0 Å². The largest absolute Gasteiger partial charge is 0.497 e. The van der Waals surface area contributed by atoms with E-state index in [0.29, 0.717) is 5.69 Å². The zero-order valence-corrected chi connectivity index (χ0v) is 15.6. The summed E-state index contributed by atoms with van der Waals surface area (Å²) in [6, 6.07) is 7.72. The van der Waals surface area contributed by atoms with Gasteiger partial charge in [-0.15, -0.1) is 0 Å². The normalized spacial score (nSPS) is 20.4. The fourth-order valence-corrected chi connectivity index (χ4v) is 3.40. The van der Waals surface area contributed by atoms with E-state index in [-0.39, 0.29) is 37.0 Å². The highest BCUT2D eigenvalue weighted by Gasteiger charge is 2.29. The summed E-state index contributed by atoms with van der Waals surface area (Å²) in [5.41, 5.74) is 0.712. The van der Waals surface area contributed by atoms with Gasteiger partial charge in [0.05, 0.1) is 20.2 Å². The second kappa shape index (κ2) is 8.85. The summed E-state index contributed by atoms with van der Waals surface area (Å²) >= 11 is 0. The molecule has 1 aliphatic heterocycles. The molecule has 6 nitrogen and oxygen atoms in total. The van der Waals surface area contributed by atoms with Crippen LogP contribution in [0.25, 0.3) is 0 Å². The molecule has 1 saturated heterocycles. The number of hydrogen-bond acceptors (Lipinski definition) is 4. The molecule has 2 rings (SSSR count). The fraction of sp³-hybridized carbons (Fsp3) is 0.579. The van der Waals surface area contributed by atoms with Crippen LogP contribution in [0.4, 0.5) is 5.69 Å². The Labute approximate surface area is 150 Å². The molecular formula is C19H29N3O3. The lowest BCUT2D eigenvalue weighted by Crippen LogP contribution is -2.51. The molecule has 0 aromatic heterocycles. The van der Waals surface area contributed by atoms with E-state index in [1.807, 2.05) is 4.90 Å². The summed E-state index contributed by atoms with van der Waals surface area (Å²) in [6.45, 7) is 4.63. The lowest BCUT2D eigenvalue weighted by molar-refractivity contribution is -0.138. The first kappa shape index (κ1) is 19.2. The van der Waals surface area contributed by atoms with Crippen molar-refractivity contribution in [1.82, 2.24) is 9.80 Å². The molecule has 1 aromatic carbocycles. The molecule has 2 atom stereocenters. The number of anilines is 1. The molecule has 1 fully saturated rings. The predicted molar refractivity (Wildman–Crippen MR) is 98.7 cm³/mol. The van der Waals surface area contributed by atoms with Gasteiger partial charge >= 0.3 is 0 Å². The van der Waals surface area contributed by atoms with Gasteiger partial charge in [0.25, 0.3) is 0 Å². The highest BCUT2D eigenvalue weighted by atomic mass is 16.5. The number of benzene rings is 1. The van der Waals surface area contributed by atoms with Crippen LogP contribution in [-0.2, 0) is 9.59 Å². The number of rotatable bonds is 6. The number of hydrogen-bond donors (Lipinski definition) is 1. The maximum absolute atomic E-state index is 12.6. The Hall–Kier alpha value is -2.08. The van der Waals surface area contributed by atoms with Crippen molar-refractivity contribution in [3.63, 3.8) is 0 Å². The number of piperidine rings is 1. The third-order valence-corrected chi connectivity index (χ3v) is 4.67. The maximum Gasteiger partial charge on any atom is 0.238 e. The van der Waals surface area contributed by atoms with Crippen molar-refractivity contribution in [2.75, 3.05) is 32.6 Å². The Morgan fingerprint density at radius 1 is 1.16 bits per heavy atom. The van der Waals surface area contributed by atoms with E-state index in [1.165, 1.54) is 6.42 Å². The molecule has 1 aromatic rings. The molecule has 1 N–H and O–H groups in total. The van der Waals surface area contributed by atoms with Gasteiger partial charge in [0.15, 0.2) is 0 Å². The van der Waals surface area contributed by atoms with Gasteiger partial charge in [0.1, 0.15) is 5.75 Å². The van der Waals surface area contributed by atoms with E-state index in [4.69, 9.17) is 4.74 Å². The average molecular weight is 347 g/mol. The van der Waals surface area contributed by atoms with Gasteiger partial charge < -0.3 is 15.0 Å². The number of nitrogens with one attached hydrogen (secondary N) is 1. The minimum atomic E-state index is -0.139. The van der Waals surface area contributed by atoms with Crippen LogP contribution in [0.15, 0.2) is 24.3 Å². The van der Waals surface area contributed by atoms with E-state index in [2.05, 4.69) is 19.2 Å². The van der Waals surface area contributed by atoms with E-state index < -0.39 is 0 Å². The van der Waals surface area contributed by atoms with Crippen LogP contribution < -0.4 is 10.1 Å². The average Bonchev–Trinajstić information content (AvgIpc) is 2.55. The highest BCUT2D eigenvalue weighted by Crippen LogP contribution is 2.22. The van der Waals surface area contributed by atoms with Crippen LogP contribution in [0.3, 0.4) is 0 Å². The molecule has 2 amide bonds. The van der Waals surface area contributed by atoms with Crippen molar-refractivity contribution in [2.45, 2.75) is 45.2 Å². The van der Waals surface area contributed by atoms with Crippen molar-refractivity contribution >= 4 is 17.5 Å². The Morgan fingerprint density at radius 2 is 1.76 bits per heavy atom. The van der Waals surface area contributed by atoms with Crippen LogP contribution in [0.2, 0.25) is 0 Å². The zero-order valence-electron chi connectivity index (χ0n) is 15.6. The van der Waals surface area contributed by atoms with Crippen LogP contribution in [0.5, 0.6) is 5.75 Å². The predicted octanol–water partition coefficient (Wildman–Crippen LogP) is 2.35. The molecule has 0 bridgehead atoms. The standard InChI is InChI=1S/C19H29N3O3/c1-14-6-5-7-15(2)22(14)19(24)13-21(3)12-18(23)20-16-8-10-17(25-4)11-9-16/h8-11,14-15H,5-7,12-13H2,1-4H3,(H,20,23)/t14-,15+. The maximum atomic E-state index is 12.6. The molecule has 0 aliphatic carbocycles. The number of carbonyl (C=O) groups excluding carboxylic acids is 2. The van der Waals surface area contributed by atoms with Gasteiger partial charge in [-0.2, -0.15) is 0 Å². The Balaban J connectivity index is 1.82. The quantitative estimate of drug-likeness (QED) is 0.858. The van der Waals surface area contributed by atoms with Crippen LogP contribution in [0.1, 0.15) is 33.1 Å². The van der Waals surface area contributed by atoms with Crippen molar-refractivity contribution in [1.29, 1.82) is 0 Å². The second-order valence-corrected chi connectivity index (χ2v) is 6.88. The van der Waals surface area contributed by atoms with Gasteiger partial charge in [0, 0.05) is 17.8 Å². The van der Waals surface area contributed by atoms with Gasteiger partial charge in [-0.3, -0.25) is 14.5 Å². The number of methoxy groups -OCH3 is 1. The first-order chi connectivity index (χ1) is 11.9. The third kappa shape index (κ3) is 5.46. The van der Waals surface area contributed by atoms with Crippen molar-refractivity contribution in [3.8, 4) is 5.75 Å². The Bertz CT molecular complexity index is 578. The smallest absolute Gasteiger partial charge is 0.238 e. The molecule has 1 aliphatic rings. The first-order valence-electron chi connectivity index (χ1n) is 8.84. The Kier molecular flexibility index (Phi) is 6.82. The number of likely N-dealkylation sites (tertiary alicyclic amines) is 1. The van der Waals surface area contributed by atoms with Crippen molar-refractivity contribution in [3.05, 3.63) is 24.3 Å². The summed E-state index contributed by atoms with van der Waals surface area (Å²) in [5, 5.41) is 2.83. The molecular weight excluding hydrogens is 318 g/mol. The summed E-state index contributed by atoms with van der Waals surface area (Å²) < 4.78 is 5.09. The molecule has 0 radical (unpaired) electrons. The SMILES string of the molecule is COc1ccc(NC(=O)CN(C)CC(=O)N2[C@H](C)CCC[C@@H]2C)cc1. The van der Waals surface area contributed by atoms with Crippen LogP contribution in [0, 0.1) is 0 Å². The number of likely N-dealkylation sites (N-methyl/N-ethyl adjacent to an activating group) is 1. The minimum absolute atomic E-state index is 0.0967. The number of carbonyl (C=O) groups is 2. The van der Waals surface area contributed by atoms with Crippen molar-refractivity contribution < 1.29 is 14.3 Å². The second-order valence-electron chi connectivity index (χ2n) is 6.88. The van der Waals surface area contributed by atoms with E-state index >= 15 is 0 Å². The lowest BCUT2D eigenvalue weighted by Gasteiger charge is -2.39. The summed E-state index contributed by atoms with van der Waals surface area (Å²) in [4.78, 5) is 28.5. The Morgan fingerprint density at radius 3 is 2.32 bits per heavy atom. The summed E-state index contributed by atoms with van der Waals surface area (Å²) in [7, 11) is 3.40. The van der Waals surface area contributed by atoms with Crippen LogP contribution in [-0.4, -0.2) is 60.9 Å². The van der Waals surface area contributed by atoms with E-state index in [1.54, 1.807) is 43.3 Å². The molecule has 138 valence electrons. The van der Waals surface area contributed by atoms with E-state index in [9.17, 15) is 9.59 Å². The molecule has 0 unspecified atom stereocenters. The van der Waals surface area contributed by atoms with Gasteiger partial charge in [0.2, 0.25) is 11.8 Å².